The third-order valence-electron chi connectivity index (χ3n) is 1.83. The number of guanidine groups is 1. The van der Waals surface area contributed by atoms with Crippen LogP contribution in [0.1, 0.15) is 33.6 Å². The molecule has 2 N–H and O–H groups in total. The number of halogens is 1. The van der Waals surface area contributed by atoms with E-state index in [1.807, 2.05) is 0 Å². The Morgan fingerprint density at radius 1 is 1.25 bits per heavy atom. The van der Waals surface area contributed by atoms with Gasteiger partial charge >= 0.3 is 0 Å². The number of nitrogens with zero attached hydrogens (tertiary/aromatic N) is 1. The molecule has 98 valence electrons. The Bertz CT molecular complexity index is 175. The van der Waals surface area contributed by atoms with Gasteiger partial charge in [0.25, 0.3) is 0 Å². The molecule has 0 fully saturated rings. The van der Waals surface area contributed by atoms with Gasteiger partial charge in [-0.25, -0.2) is 0 Å². The van der Waals surface area contributed by atoms with Crippen molar-refractivity contribution in [2.75, 3.05) is 26.7 Å². The van der Waals surface area contributed by atoms with Crippen molar-refractivity contribution in [3.05, 3.63) is 0 Å². The van der Waals surface area contributed by atoms with Gasteiger partial charge in [0.05, 0.1) is 6.10 Å². The fourth-order valence-electron chi connectivity index (χ4n) is 1.06. The number of nitrogens with one attached hydrogen (secondary N) is 2. The molecule has 0 rings (SSSR count). The average molecular weight is 343 g/mol. The molecule has 0 aromatic heterocycles. The molecule has 4 nitrogen and oxygen atoms in total. The molecule has 0 spiro atoms. The minimum absolute atomic E-state index is 0. The Morgan fingerprint density at radius 3 is 2.38 bits per heavy atom. The van der Waals surface area contributed by atoms with E-state index < -0.39 is 0 Å². The van der Waals surface area contributed by atoms with Crippen molar-refractivity contribution in [1.82, 2.24) is 10.6 Å². The SMILES string of the molecule is CCCNC(=NC)NCCCOC(C)C.I. The van der Waals surface area contributed by atoms with Crippen LogP contribution in [0.4, 0.5) is 0 Å². The molecule has 0 saturated carbocycles. The summed E-state index contributed by atoms with van der Waals surface area (Å²) in [6.07, 6.45) is 2.44. The van der Waals surface area contributed by atoms with E-state index in [2.05, 4.69) is 36.4 Å². The first kappa shape index (κ1) is 18.3. The van der Waals surface area contributed by atoms with E-state index in [0.717, 1.165) is 38.5 Å². The van der Waals surface area contributed by atoms with Gasteiger partial charge in [0.15, 0.2) is 5.96 Å². The minimum atomic E-state index is 0. The lowest BCUT2D eigenvalue weighted by atomic mass is 10.4. The van der Waals surface area contributed by atoms with Crippen molar-refractivity contribution in [2.45, 2.75) is 39.7 Å². The molecule has 0 aromatic carbocycles. The molecule has 0 aromatic rings. The largest absolute Gasteiger partial charge is 0.379 e. The Labute approximate surface area is 117 Å². The van der Waals surface area contributed by atoms with Crippen LogP contribution in [-0.4, -0.2) is 38.8 Å². The van der Waals surface area contributed by atoms with Crippen LogP contribution >= 0.6 is 24.0 Å². The first-order valence-electron chi connectivity index (χ1n) is 5.76. The Kier molecular flexibility index (Phi) is 14.9. The molecule has 5 heteroatoms. The van der Waals surface area contributed by atoms with E-state index >= 15 is 0 Å². The molecule has 0 heterocycles. The molecule has 0 amide bonds. The highest BCUT2D eigenvalue weighted by molar-refractivity contribution is 14.0. The first-order chi connectivity index (χ1) is 7.20. The molecule has 0 aliphatic rings. The molecule has 0 aliphatic carbocycles. The van der Waals surface area contributed by atoms with Crippen LogP contribution in [0, 0.1) is 0 Å². The summed E-state index contributed by atoms with van der Waals surface area (Å²) in [6.45, 7) is 8.90. The van der Waals surface area contributed by atoms with Crippen LogP contribution in [0.5, 0.6) is 0 Å². The van der Waals surface area contributed by atoms with E-state index in [1.165, 1.54) is 0 Å². The van der Waals surface area contributed by atoms with E-state index in [0.29, 0.717) is 6.10 Å². The molecule has 0 saturated heterocycles. The smallest absolute Gasteiger partial charge is 0.190 e. The van der Waals surface area contributed by atoms with Crippen molar-refractivity contribution in [3.63, 3.8) is 0 Å². The molecule has 0 bridgehead atoms. The zero-order valence-electron chi connectivity index (χ0n) is 10.9. The number of ether oxygens (including phenoxy) is 1. The Balaban J connectivity index is 0. The maximum Gasteiger partial charge on any atom is 0.190 e. The van der Waals surface area contributed by atoms with E-state index in [4.69, 9.17) is 4.74 Å². The van der Waals surface area contributed by atoms with Gasteiger partial charge in [-0.2, -0.15) is 0 Å². The van der Waals surface area contributed by atoms with Gasteiger partial charge in [0.1, 0.15) is 0 Å². The lowest BCUT2D eigenvalue weighted by Gasteiger charge is -2.11. The summed E-state index contributed by atoms with van der Waals surface area (Å²) < 4.78 is 5.44. The summed E-state index contributed by atoms with van der Waals surface area (Å²) in [5.74, 6) is 0.876. The second kappa shape index (κ2) is 13.0. The molecule has 0 radical (unpaired) electrons. The lowest BCUT2D eigenvalue weighted by molar-refractivity contribution is 0.0776. The standard InChI is InChI=1S/C11H25N3O.HI/c1-5-7-13-11(12-4)14-8-6-9-15-10(2)3;/h10H,5-9H2,1-4H3,(H2,12,13,14);1H. The van der Waals surface area contributed by atoms with Crippen LogP contribution < -0.4 is 10.6 Å². The minimum Gasteiger partial charge on any atom is -0.379 e. The molecular formula is C11H26IN3O. The summed E-state index contributed by atoms with van der Waals surface area (Å²) in [4.78, 5) is 4.11. The van der Waals surface area contributed by atoms with Crippen molar-refractivity contribution >= 4 is 29.9 Å². The second-order valence-corrected chi connectivity index (χ2v) is 3.70. The fourth-order valence-corrected chi connectivity index (χ4v) is 1.06. The molecule has 0 aliphatic heterocycles. The van der Waals surface area contributed by atoms with Crippen molar-refractivity contribution in [3.8, 4) is 0 Å². The monoisotopic (exact) mass is 343 g/mol. The summed E-state index contributed by atoms with van der Waals surface area (Å²) >= 11 is 0. The highest BCUT2D eigenvalue weighted by atomic mass is 127. The van der Waals surface area contributed by atoms with Gasteiger partial charge in [0, 0.05) is 26.7 Å². The lowest BCUT2D eigenvalue weighted by Crippen LogP contribution is -2.38. The predicted molar refractivity (Wildman–Crippen MR) is 80.8 cm³/mol. The Morgan fingerprint density at radius 2 is 1.88 bits per heavy atom. The zero-order valence-corrected chi connectivity index (χ0v) is 13.2. The third kappa shape index (κ3) is 12.0. The third-order valence-corrected chi connectivity index (χ3v) is 1.83. The summed E-state index contributed by atoms with van der Waals surface area (Å²) in [7, 11) is 1.79. The van der Waals surface area contributed by atoms with Crippen LogP contribution in [0.25, 0.3) is 0 Å². The van der Waals surface area contributed by atoms with Crippen molar-refractivity contribution in [1.29, 1.82) is 0 Å². The average Bonchev–Trinajstić information content (AvgIpc) is 2.21. The van der Waals surface area contributed by atoms with E-state index in [9.17, 15) is 0 Å². The van der Waals surface area contributed by atoms with Crippen molar-refractivity contribution in [2.24, 2.45) is 4.99 Å². The zero-order chi connectivity index (χ0) is 11.5. The molecule has 0 atom stereocenters. The van der Waals surface area contributed by atoms with Crippen LogP contribution in [0.3, 0.4) is 0 Å². The highest BCUT2D eigenvalue weighted by Gasteiger charge is 1.96. The number of aliphatic imine (C=N–C) groups is 1. The quantitative estimate of drug-likeness (QED) is 0.322. The van der Waals surface area contributed by atoms with Gasteiger partial charge in [-0.15, -0.1) is 24.0 Å². The molecule has 16 heavy (non-hydrogen) atoms. The normalized spacial score (nSPS) is 11.2. The van der Waals surface area contributed by atoms with Crippen LogP contribution in [0.15, 0.2) is 4.99 Å². The summed E-state index contributed by atoms with van der Waals surface area (Å²) in [6, 6.07) is 0. The van der Waals surface area contributed by atoms with Crippen molar-refractivity contribution < 1.29 is 4.74 Å². The topological polar surface area (TPSA) is 45.7 Å². The van der Waals surface area contributed by atoms with Crippen LogP contribution in [0.2, 0.25) is 0 Å². The maximum atomic E-state index is 5.44. The highest BCUT2D eigenvalue weighted by Crippen LogP contribution is 1.88. The van der Waals surface area contributed by atoms with Gasteiger partial charge < -0.3 is 15.4 Å². The van der Waals surface area contributed by atoms with Gasteiger partial charge in [-0.3, -0.25) is 4.99 Å². The van der Waals surface area contributed by atoms with Gasteiger partial charge in [-0.1, -0.05) is 6.92 Å². The number of hydrogen-bond donors (Lipinski definition) is 2. The van der Waals surface area contributed by atoms with Gasteiger partial charge in [0.2, 0.25) is 0 Å². The maximum absolute atomic E-state index is 5.44. The Hall–Kier alpha value is -0.0400. The first-order valence-corrected chi connectivity index (χ1v) is 5.76. The predicted octanol–water partition coefficient (Wildman–Crippen LogP) is 1.99. The van der Waals surface area contributed by atoms with Gasteiger partial charge in [-0.05, 0) is 26.7 Å². The molecular weight excluding hydrogens is 317 g/mol. The number of hydrogen-bond acceptors (Lipinski definition) is 2. The summed E-state index contributed by atoms with van der Waals surface area (Å²) in [5, 5.41) is 6.45. The summed E-state index contributed by atoms with van der Waals surface area (Å²) in [5.41, 5.74) is 0. The van der Waals surface area contributed by atoms with E-state index in [-0.39, 0.29) is 24.0 Å². The molecule has 0 unspecified atom stereocenters. The fraction of sp³-hybridized carbons (Fsp3) is 0.909. The number of rotatable bonds is 7. The van der Waals surface area contributed by atoms with Crippen LogP contribution in [-0.2, 0) is 4.74 Å². The second-order valence-electron chi connectivity index (χ2n) is 3.70. The van der Waals surface area contributed by atoms with E-state index in [1.54, 1.807) is 7.05 Å².